The molecule has 8 heteroatoms. The zero-order chi connectivity index (χ0) is 18.8. The Balaban J connectivity index is 1.64. The predicted molar refractivity (Wildman–Crippen MR) is 107 cm³/mol. The van der Waals surface area contributed by atoms with Crippen molar-refractivity contribution in [3.8, 4) is 17.0 Å². The van der Waals surface area contributed by atoms with Gasteiger partial charge in [-0.1, -0.05) is 29.8 Å². The van der Waals surface area contributed by atoms with Gasteiger partial charge < -0.3 is 5.11 Å². The number of hydrogen-bond acceptors (Lipinski definition) is 5. The smallest absolute Gasteiger partial charge is 0.271 e. The van der Waals surface area contributed by atoms with E-state index >= 15 is 0 Å². The highest BCUT2D eigenvalue weighted by atomic mass is 35.5. The summed E-state index contributed by atoms with van der Waals surface area (Å²) in [6, 6.07) is 13.4. The number of hydrogen-bond donors (Lipinski definition) is 2. The number of amides is 1. The lowest BCUT2D eigenvalue weighted by Crippen LogP contribution is -2.17. The Labute approximate surface area is 163 Å². The molecule has 134 valence electrons. The van der Waals surface area contributed by atoms with Crippen LogP contribution in [0.1, 0.15) is 16.1 Å². The molecule has 0 aliphatic carbocycles. The van der Waals surface area contributed by atoms with Crippen molar-refractivity contribution in [3.63, 3.8) is 0 Å². The minimum Gasteiger partial charge on any atom is -0.508 e. The van der Waals surface area contributed by atoms with Gasteiger partial charge in [0.2, 0.25) is 0 Å². The first-order chi connectivity index (χ1) is 13.1. The van der Waals surface area contributed by atoms with Crippen molar-refractivity contribution in [1.29, 1.82) is 0 Å². The van der Waals surface area contributed by atoms with Crippen LogP contribution in [0.5, 0.6) is 5.75 Å². The summed E-state index contributed by atoms with van der Waals surface area (Å²) in [6.07, 6.45) is 3.45. The van der Waals surface area contributed by atoms with Crippen LogP contribution in [0.3, 0.4) is 0 Å². The molecule has 0 atom stereocenters. The third kappa shape index (κ3) is 3.55. The average molecular weight is 397 g/mol. The van der Waals surface area contributed by atoms with Gasteiger partial charge in [-0.15, -0.1) is 11.3 Å². The molecule has 2 N–H and O–H groups in total. The molecular formula is C19H13ClN4O2S. The molecule has 0 unspecified atom stereocenters. The number of rotatable bonds is 4. The van der Waals surface area contributed by atoms with Gasteiger partial charge in [-0.25, -0.2) is 10.4 Å². The Morgan fingerprint density at radius 3 is 2.85 bits per heavy atom. The Morgan fingerprint density at radius 2 is 2.07 bits per heavy atom. The molecule has 0 aliphatic rings. The highest BCUT2D eigenvalue weighted by molar-refractivity contribution is 7.15. The van der Waals surface area contributed by atoms with E-state index in [1.165, 1.54) is 23.5 Å². The van der Waals surface area contributed by atoms with Crippen molar-refractivity contribution < 1.29 is 9.90 Å². The molecule has 6 nitrogen and oxygen atoms in total. The second kappa shape index (κ2) is 7.22. The summed E-state index contributed by atoms with van der Waals surface area (Å²) < 4.78 is 1.90. The van der Waals surface area contributed by atoms with Crippen molar-refractivity contribution >= 4 is 40.0 Å². The zero-order valence-electron chi connectivity index (χ0n) is 13.8. The molecule has 2 aromatic heterocycles. The lowest BCUT2D eigenvalue weighted by atomic mass is 10.1. The third-order valence-corrected chi connectivity index (χ3v) is 4.89. The van der Waals surface area contributed by atoms with Gasteiger partial charge in [0.15, 0.2) is 4.96 Å². The number of phenols is 1. The molecule has 0 saturated carbocycles. The van der Waals surface area contributed by atoms with Crippen molar-refractivity contribution in [3.05, 3.63) is 76.4 Å². The molecule has 4 rings (SSSR count). The summed E-state index contributed by atoms with van der Waals surface area (Å²) >= 11 is 7.48. The number of carbonyl (C=O) groups excluding carboxylic acids is 1. The average Bonchev–Trinajstić information content (AvgIpc) is 3.24. The van der Waals surface area contributed by atoms with Crippen LogP contribution in [0.2, 0.25) is 5.02 Å². The van der Waals surface area contributed by atoms with Crippen molar-refractivity contribution in [2.75, 3.05) is 0 Å². The number of aromatic nitrogens is 2. The van der Waals surface area contributed by atoms with Gasteiger partial charge in [0, 0.05) is 27.7 Å². The standard InChI is InChI=1S/C19H13ClN4O2S/c20-14-6-4-12(5-7-14)17-16(24-8-9-27-19(24)22-17)11-21-23-18(26)13-2-1-3-15(25)10-13/h1-11,25H,(H,23,26)/b21-11+. The third-order valence-electron chi connectivity index (χ3n) is 3.88. The van der Waals surface area contributed by atoms with Gasteiger partial charge in [0.05, 0.1) is 17.6 Å². The van der Waals surface area contributed by atoms with Crippen LogP contribution >= 0.6 is 22.9 Å². The molecule has 0 bridgehead atoms. The van der Waals surface area contributed by atoms with E-state index in [1.807, 2.05) is 28.1 Å². The van der Waals surface area contributed by atoms with Gasteiger partial charge in [0.25, 0.3) is 5.91 Å². The Hall–Kier alpha value is -3.16. The van der Waals surface area contributed by atoms with E-state index in [9.17, 15) is 9.90 Å². The van der Waals surface area contributed by atoms with Crippen molar-refractivity contribution in [2.45, 2.75) is 0 Å². The summed E-state index contributed by atoms with van der Waals surface area (Å²) in [5.41, 5.74) is 5.17. The highest BCUT2D eigenvalue weighted by Crippen LogP contribution is 2.26. The predicted octanol–water partition coefficient (Wildman–Crippen LogP) is 4.19. The summed E-state index contributed by atoms with van der Waals surface area (Å²) in [4.78, 5) is 17.6. The first kappa shape index (κ1) is 17.3. The van der Waals surface area contributed by atoms with E-state index in [0.29, 0.717) is 10.6 Å². The number of carbonyl (C=O) groups is 1. The minimum absolute atomic E-state index is 0.0208. The number of phenolic OH excluding ortho intramolecular Hbond substituents is 1. The van der Waals surface area contributed by atoms with E-state index in [0.717, 1.165) is 21.9 Å². The second-order valence-corrected chi connectivity index (χ2v) is 6.97. The monoisotopic (exact) mass is 396 g/mol. The largest absolute Gasteiger partial charge is 0.508 e. The fourth-order valence-corrected chi connectivity index (χ4v) is 3.46. The van der Waals surface area contributed by atoms with Gasteiger partial charge >= 0.3 is 0 Å². The van der Waals surface area contributed by atoms with Crippen LogP contribution in [-0.4, -0.2) is 26.6 Å². The highest BCUT2D eigenvalue weighted by Gasteiger charge is 2.14. The normalized spacial score (nSPS) is 11.3. The van der Waals surface area contributed by atoms with E-state index in [4.69, 9.17) is 11.6 Å². The lowest BCUT2D eigenvalue weighted by molar-refractivity contribution is 0.0954. The maximum absolute atomic E-state index is 12.2. The Bertz CT molecular complexity index is 1150. The molecule has 4 aromatic rings. The number of imidazole rings is 1. The number of nitrogens with zero attached hydrogens (tertiary/aromatic N) is 3. The van der Waals surface area contributed by atoms with Crippen molar-refractivity contribution in [2.24, 2.45) is 5.10 Å². The summed E-state index contributed by atoms with van der Waals surface area (Å²) in [7, 11) is 0. The van der Waals surface area contributed by atoms with Crippen LogP contribution in [0, 0.1) is 0 Å². The Morgan fingerprint density at radius 1 is 1.26 bits per heavy atom. The summed E-state index contributed by atoms with van der Waals surface area (Å²) in [6.45, 7) is 0. The fourth-order valence-electron chi connectivity index (χ4n) is 2.61. The second-order valence-electron chi connectivity index (χ2n) is 5.66. The van der Waals surface area contributed by atoms with Gasteiger partial charge in [-0.2, -0.15) is 5.10 Å². The first-order valence-corrected chi connectivity index (χ1v) is 9.21. The van der Waals surface area contributed by atoms with Gasteiger partial charge in [0.1, 0.15) is 5.75 Å². The van der Waals surface area contributed by atoms with Crippen molar-refractivity contribution in [1.82, 2.24) is 14.8 Å². The number of halogens is 1. The summed E-state index contributed by atoms with van der Waals surface area (Å²) in [5, 5.41) is 16.1. The molecular weight excluding hydrogens is 384 g/mol. The topological polar surface area (TPSA) is 79.0 Å². The van der Waals surface area contributed by atoms with Gasteiger partial charge in [-0.3, -0.25) is 9.20 Å². The number of fused-ring (bicyclic) bond motifs is 1. The maximum Gasteiger partial charge on any atom is 0.271 e. The molecule has 0 saturated heterocycles. The quantitative estimate of drug-likeness (QED) is 0.401. The van der Waals surface area contributed by atoms with Crippen LogP contribution < -0.4 is 5.43 Å². The number of thiazole rings is 1. The van der Waals surface area contributed by atoms with Crippen LogP contribution in [0.15, 0.2) is 65.2 Å². The molecule has 0 spiro atoms. The molecule has 1 amide bonds. The van der Waals surface area contributed by atoms with E-state index in [2.05, 4.69) is 15.5 Å². The van der Waals surface area contributed by atoms with E-state index in [-0.39, 0.29) is 5.75 Å². The molecule has 0 aliphatic heterocycles. The minimum atomic E-state index is -0.415. The summed E-state index contributed by atoms with van der Waals surface area (Å²) in [5.74, 6) is -0.395. The number of benzene rings is 2. The van der Waals surface area contributed by atoms with Gasteiger partial charge in [-0.05, 0) is 30.3 Å². The molecule has 2 aromatic carbocycles. The maximum atomic E-state index is 12.2. The Kier molecular flexibility index (Phi) is 4.62. The lowest BCUT2D eigenvalue weighted by Gasteiger charge is -2.02. The molecule has 0 fully saturated rings. The first-order valence-electron chi connectivity index (χ1n) is 7.96. The van der Waals surface area contributed by atoms with Crippen LogP contribution in [0.25, 0.3) is 16.2 Å². The zero-order valence-corrected chi connectivity index (χ0v) is 15.4. The van der Waals surface area contributed by atoms with Crippen LogP contribution in [0.4, 0.5) is 0 Å². The van der Waals surface area contributed by atoms with E-state index in [1.54, 1.807) is 30.5 Å². The number of hydrazone groups is 1. The van der Waals surface area contributed by atoms with Crippen LogP contribution in [-0.2, 0) is 0 Å². The SMILES string of the molecule is O=C(N/N=C/c1c(-c2ccc(Cl)cc2)nc2sccn12)c1cccc(O)c1. The molecule has 27 heavy (non-hydrogen) atoms. The number of aromatic hydroxyl groups is 1. The number of nitrogens with one attached hydrogen (secondary N) is 1. The fraction of sp³-hybridized carbons (Fsp3) is 0. The van der Waals surface area contributed by atoms with E-state index < -0.39 is 5.91 Å². The molecule has 2 heterocycles. The molecule has 0 radical (unpaired) electrons.